The maximum atomic E-state index is 12.6. The van der Waals surface area contributed by atoms with Gasteiger partial charge >= 0.3 is 11.9 Å². The molecule has 2 atom stereocenters. The Hall–Kier alpha value is -3.02. The Morgan fingerprint density at radius 1 is 0.943 bits per heavy atom. The zero-order valence-electron chi connectivity index (χ0n) is 21.7. The number of rotatable bonds is 12. The summed E-state index contributed by atoms with van der Waals surface area (Å²) in [5.41, 5.74) is 3.60. The van der Waals surface area contributed by atoms with Crippen molar-refractivity contribution in [2.45, 2.75) is 91.9 Å². The van der Waals surface area contributed by atoms with Crippen LogP contribution in [0.4, 0.5) is 0 Å². The molecule has 1 aromatic carbocycles. The predicted octanol–water partition coefficient (Wildman–Crippen LogP) is 6.20. The maximum absolute atomic E-state index is 12.6. The summed E-state index contributed by atoms with van der Waals surface area (Å²) in [5.74, 6) is -1.50. The van der Waals surface area contributed by atoms with Crippen LogP contribution in [0, 0.1) is 5.92 Å². The molecule has 6 heteroatoms. The van der Waals surface area contributed by atoms with Crippen LogP contribution in [0.3, 0.4) is 0 Å². The van der Waals surface area contributed by atoms with Crippen molar-refractivity contribution in [3.8, 4) is 11.5 Å². The molecule has 190 valence electrons. The molecular weight excluding hydrogens is 444 g/mol. The molecule has 0 heterocycles. The van der Waals surface area contributed by atoms with E-state index in [1.807, 2.05) is 26.0 Å². The first-order valence-corrected chi connectivity index (χ1v) is 12.4. The number of esters is 2. The van der Waals surface area contributed by atoms with Gasteiger partial charge in [0.2, 0.25) is 0 Å². The number of allylic oxidation sites excluding steroid dienone is 3. The second-order valence-electron chi connectivity index (χ2n) is 9.70. The van der Waals surface area contributed by atoms with E-state index in [0.717, 1.165) is 43.2 Å². The monoisotopic (exact) mass is 482 g/mol. The second-order valence-corrected chi connectivity index (χ2v) is 9.70. The molecule has 1 aromatic rings. The predicted molar refractivity (Wildman–Crippen MR) is 136 cm³/mol. The maximum Gasteiger partial charge on any atom is 0.318 e. The molecule has 0 aliphatic heterocycles. The lowest BCUT2D eigenvalue weighted by Crippen LogP contribution is -2.22. The highest BCUT2D eigenvalue weighted by atomic mass is 16.5. The Balaban J connectivity index is 2.69. The normalized spacial score (nSPS) is 17.3. The van der Waals surface area contributed by atoms with Gasteiger partial charge < -0.3 is 9.47 Å². The smallest absolute Gasteiger partial charge is 0.318 e. The van der Waals surface area contributed by atoms with E-state index in [9.17, 15) is 19.2 Å². The number of carbonyl (C=O) groups is 4. The van der Waals surface area contributed by atoms with Gasteiger partial charge in [-0.25, -0.2) is 0 Å². The van der Waals surface area contributed by atoms with Crippen molar-refractivity contribution < 1.29 is 28.7 Å². The fourth-order valence-electron chi connectivity index (χ4n) is 4.51. The molecular formula is C29H38O6. The Morgan fingerprint density at radius 3 is 1.94 bits per heavy atom. The number of hydrogen-bond acceptors (Lipinski definition) is 6. The van der Waals surface area contributed by atoms with E-state index < -0.39 is 11.9 Å². The summed E-state index contributed by atoms with van der Waals surface area (Å²) in [5, 5.41) is 0. The summed E-state index contributed by atoms with van der Waals surface area (Å²) in [7, 11) is 0. The molecule has 0 fully saturated rings. The van der Waals surface area contributed by atoms with E-state index in [0.29, 0.717) is 12.0 Å². The highest BCUT2D eigenvalue weighted by Crippen LogP contribution is 2.47. The molecule has 6 nitrogen and oxygen atoms in total. The molecule has 0 aromatic heterocycles. The second kappa shape index (κ2) is 13.2. The van der Waals surface area contributed by atoms with Crippen LogP contribution in [0.2, 0.25) is 0 Å². The molecule has 0 N–H and O–H groups in total. The van der Waals surface area contributed by atoms with Crippen molar-refractivity contribution in [2.75, 3.05) is 0 Å². The Kier molecular flexibility index (Phi) is 10.6. The van der Waals surface area contributed by atoms with Crippen molar-refractivity contribution in [1.82, 2.24) is 0 Å². The molecule has 2 rings (SSSR count). The summed E-state index contributed by atoms with van der Waals surface area (Å²) in [6, 6.07) is 3.64. The lowest BCUT2D eigenvalue weighted by molar-refractivity contribution is -0.138. The summed E-state index contributed by atoms with van der Waals surface area (Å²) in [6.07, 6.45) is 6.92. The minimum atomic E-state index is -0.658. The highest BCUT2D eigenvalue weighted by molar-refractivity contribution is 5.96. The molecule has 0 amide bonds. The summed E-state index contributed by atoms with van der Waals surface area (Å²) in [4.78, 5) is 48.2. The van der Waals surface area contributed by atoms with E-state index in [1.54, 1.807) is 0 Å². The lowest BCUT2D eigenvalue weighted by atomic mass is 9.73. The van der Waals surface area contributed by atoms with Crippen LogP contribution in [0.1, 0.15) is 96.6 Å². The SMILES string of the molecule is C=C(C)C1CCC(C)=CC1c1c(OC(=O)CC(C)=O)cc(CCCCC)cc1OC(=O)CC(C)=O. The fraction of sp³-hybridized carbons (Fsp3) is 0.517. The van der Waals surface area contributed by atoms with E-state index >= 15 is 0 Å². The number of Topliss-reactive ketones (excluding diaryl/α,β-unsaturated/α-hetero) is 2. The van der Waals surface area contributed by atoms with Crippen LogP contribution in [0.25, 0.3) is 0 Å². The van der Waals surface area contributed by atoms with Crippen molar-refractivity contribution in [1.29, 1.82) is 0 Å². The fourth-order valence-corrected chi connectivity index (χ4v) is 4.51. The number of hydrogen-bond donors (Lipinski definition) is 0. The van der Waals surface area contributed by atoms with E-state index in [-0.39, 0.29) is 47.7 Å². The summed E-state index contributed by atoms with van der Waals surface area (Å²) >= 11 is 0. The largest absolute Gasteiger partial charge is 0.426 e. The molecule has 1 aliphatic rings. The number of ether oxygens (including phenoxy) is 2. The zero-order valence-corrected chi connectivity index (χ0v) is 21.7. The molecule has 0 saturated heterocycles. The molecule has 0 spiro atoms. The van der Waals surface area contributed by atoms with Crippen molar-refractivity contribution >= 4 is 23.5 Å². The topological polar surface area (TPSA) is 86.7 Å². The number of aryl methyl sites for hydroxylation is 1. The summed E-state index contributed by atoms with van der Waals surface area (Å²) in [6.45, 7) is 13.0. The lowest BCUT2D eigenvalue weighted by Gasteiger charge is -2.32. The molecule has 2 unspecified atom stereocenters. The van der Waals surface area contributed by atoms with Gasteiger partial charge in [0.1, 0.15) is 35.9 Å². The average Bonchev–Trinajstić information content (AvgIpc) is 2.72. The molecule has 0 bridgehead atoms. The van der Waals surface area contributed by atoms with Crippen LogP contribution < -0.4 is 9.47 Å². The molecule has 0 radical (unpaired) electrons. The number of carbonyl (C=O) groups excluding carboxylic acids is 4. The van der Waals surface area contributed by atoms with Gasteiger partial charge in [-0.15, -0.1) is 0 Å². The van der Waals surface area contributed by atoms with Gasteiger partial charge in [-0.1, -0.05) is 43.6 Å². The van der Waals surface area contributed by atoms with Gasteiger partial charge in [0.25, 0.3) is 0 Å². The third-order valence-corrected chi connectivity index (χ3v) is 6.18. The van der Waals surface area contributed by atoms with Gasteiger partial charge in [0, 0.05) is 11.5 Å². The third-order valence-electron chi connectivity index (χ3n) is 6.18. The van der Waals surface area contributed by atoms with Crippen LogP contribution >= 0.6 is 0 Å². The van der Waals surface area contributed by atoms with Crippen molar-refractivity contribution in [3.63, 3.8) is 0 Å². The molecule has 0 saturated carbocycles. The van der Waals surface area contributed by atoms with Gasteiger partial charge in [-0.3, -0.25) is 19.2 Å². The van der Waals surface area contributed by atoms with E-state index in [4.69, 9.17) is 9.47 Å². The number of benzene rings is 1. The van der Waals surface area contributed by atoms with Crippen LogP contribution in [0.15, 0.2) is 35.9 Å². The highest BCUT2D eigenvalue weighted by Gasteiger charge is 2.32. The van der Waals surface area contributed by atoms with Crippen molar-refractivity contribution in [2.24, 2.45) is 5.92 Å². The zero-order chi connectivity index (χ0) is 26.1. The van der Waals surface area contributed by atoms with Crippen LogP contribution in [0.5, 0.6) is 11.5 Å². The van der Waals surface area contributed by atoms with E-state index in [2.05, 4.69) is 19.6 Å². The van der Waals surface area contributed by atoms with Gasteiger partial charge in [-0.2, -0.15) is 0 Å². The molecule has 35 heavy (non-hydrogen) atoms. The Morgan fingerprint density at radius 2 is 1.49 bits per heavy atom. The first-order chi connectivity index (χ1) is 16.5. The quantitative estimate of drug-likeness (QED) is 0.116. The van der Waals surface area contributed by atoms with E-state index in [1.165, 1.54) is 19.4 Å². The number of ketones is 2. The first-order valence-electron chi connectivity index (χ1n) is 12.4. The van der Waals surface area contributed by atoms with Gasteiger partial charge in [0.05, 0.1) is 0 Å². The Bertz CT molecular complexity index is 965. The van der Waals surface area contributed by atoms with Crippen LogP contribution in [-0.2, 0) is 25.6 Å². The minimum Gasteiger partial charge on any atom is -0.426 e. The number of unbranched alkanes of at least 4 members (excludes halogenated alkanes) is 2. The third kappa shape index (κ3) is 8.61. The van der Waals surface area contributed by atoms with Gasteiger partial charge in [0.15, 0.2) is 0 Å². The molecule has 1 aliphatic carbocycles. The standard InChI is InChI=1S/C29H38O6/c1-7-8-9-10-22-16-25(34-27(32)14-20(5)30)29(26(17-22)35-28(33)15-21(6)31)24-13-19(4)11-12-23(24)18(2)3/h13,16-17,23-24H,2,7-12,14-15H2,1,3-6H3. The van der Waals surface area contributed by atoms with Gasteiger partial charge in [-0.05, 0) is 77.0 Å². The first kappa shape index (κ1) is 28.2. The average molecular weight is 483 g/mol. The summed E-state index contributed by atoms with van der Waals surface area (Å²) < 4.78 is 11.5. The minimum absolute atomic E-state index is 0.0557. The van der Waals surface area contributed by atoms with Crippen LogP contribution in [-0.4, -0.2) is 23.5 Å². The van der Waals surface area contributed by atoms with Crippen molar-refractivity contribution in [3.05, 3.63) is 47.1 Å². The Labute approximate surface area is 208 Å².